The van der Waals surface area contributed by atoms with Crippen LogP contribution >= 0.6 is 0 Å². The van der Waals surface area contributed by atoms with Crippen LogP contribution < -0.4 is 24.8 Å². The topological polar surface area (TPSA) is 85.9 Å². The Kier molecular flexibility index (Phi) is 6.32. The van der Waals surface area contributed by atoms with E-state index in [1.54, 1.807) is 36.4 Å². The minimum Gasteiger partial charge on any atom is -0.486 e. The van der Waals surface area contributed by atoms with Gasteiger partial charge in [0.2, 0.25) is 0 Å². The molecule has 0 unspecified atom stereocenters. The van der Waals surface area contributed by atoms with Crippen LogP contribution in [0.4, 0.5) is 5.69 Å². The van der Waals surface area contributed by atoms with E-state index >= 15 is 0 Å². The first-order valence-electron chi connectivity index (χ1n) is 9.92. The summed E-state index contributed by atoms with van der Waals surface area (Å²) in [7, 11) is 0. The molecule has 1 aliphatic rings. The van der Waals surface area contributed by atoms with Gasteiger partial charge in [0, 0.05) is 11.3 Å². The van der Waals surface area contributed by atoms with Crippen LogP contribution in [0.15, 0.2) is 78.9 Å². The van der Waals surface area contributed by atoms with Gasteiger partial charge in [0.15, 0.2) is 18.1 Å². The van der Waals surface area contributed by atoms with Crippen LogP contribution in [0.2, 0.25) is 0 Å². The molecule has 7 heteroatoms. The number of carbonyl (C=O) groups excluding carboxylic acids is 2. The van der Waals surface area contributed by atoms with Crippen molar-refractivity contribution in [2.75, 3.05) is 25.1 Å². The number of benzene rings is 3. The molecule has 0 aliphatic carbocycles. The Hall–Kier alpha value is -4.00. The minimum absolute atomic E-state index is 0.0984. The predicted octanol–water partition coefficient (Wildman–Crippen LogP) is 3.27. The second kappa shape index (κ2) is 9.67. The summed E-state index contributed by atoms with van der Waals surface area (Å²) < 4.78 is 16.9. The Balaban J connectivity index is 1.23. The predicted molar refractivity (Wildman–Crippen MR) is 116 cm³/mol. The van der Waals surface area contributed by atoms with Gasteiger partial charge in [-0.25, -0.2) is 0 Å². The second-order valence-electron chi connectivity index (χ2n) is 6.93. The Bertz CT molecular complexity index is 1040. The van der Waals surface area contributed by atoms with E-state index in [0.29, 0.717) is 41.7 Å². The Morgan fingerprint density at radius 2 is 1.61 bits per heavy atom. The maximum Gasteiger partial charge on any atom is 0.262 e. The largest absolute Gasteiger partial charge is 0.486 e. The summed E-state index contributed by atoms with van der Waals surface area (Å²) in [6, 6.07) is 23.2. The van der Waals surface area contributed by atoms with Crippen molar-refractivity contribution in [2.45, 2.75) is 6.10 Å². The number of rotatable bonds is 7. The molecule has 31 heavy (non-hydrogen) atoms. The SMILES string of the molecule is O=C(COc1ccccc1)Nc1ccc(C(=O)NC[C@H]2COc3ccccc3O2)cc1. The zero-order valence-electron chi connectivity index (χ0n) is 16.7. The third-order valence-electron chi connectivity index (χ3n) is 4.60. The lowest BCUT2D eigenvalue weighted by Crippen LogP contribution is -2.40. The van der Waals surface area contributed by atoms with Crippen LogP contribution in [0.5, 0.6) is 17.2 Å². The molecule has 1 aliphatic heterocycles. The summed E-state index contributed by atoms with van der Waals surface area (Å²) in [6.07, 6.45) is -0.262. The lowest BCUT2D eigenvalue weighted by Gasteiger charge is -2.26. The van der Waals surface area contributed by atoms with Crippen LogP contribution in [0, 0.1) is 0 Å². The molecule has 1 heterocycles. The number of hydrogen-bond donors (Lipinski definition) is 2. The van der Waals surface area contributed by atoms with Gasteiger partial charge in [-0.1, -0.05) is 30.3 Å². The van der Waals surface area contributed by atoms with Gasteiger partial charge in [-0.05, 0) is 48.5 Å². The molecule has 158 valence electrons. The molecule has 0 fully saturated rings. The highest BCUT2D eigenvalue weighted by Crippen LogP contribution is 2.30. The van der Waals surface area contributed by atoms with Gasteiger partial charge >= 0.3 is 0 Å². The first-order valence-corrected chi connectivity index (χ1v) is 9.92. The van der Waals surface area contributed by atoms with Crippen LogP contribution in [0.1, 0.15) is 10.4 Å². The Morgan fingerprint density at radius 3 is 2.39 bits per heavy atom. The number of anilines is 1. The van der Waals surface area contributed by atoms with Crippen LogP contribution in [-0.4, -0.2) is 37.7 Å². The summed E-state index contributed by atoms with van der Waals surface area (Å²) >= 11 is 0. The molecule has 0 spiro atoms. The smallest absolute Gasteiger partial charge is 0.262 e. The lowest BCUT2D eigenvalue weighted by atomic mass is 10.2. The number of nitrogens with one attached hydrogen (secondary N) is 2. The fourth-order valence-corrected chi connectivity index (χ4v) is 3.04. The zero-order valence-corrected chi connectivity index (χ0v) is 16.7. The van der Waals surface area contributed by atoms with Crippen molar-refractivity contribution in [3.8, 4) is 17.2 Å². The number of fused-ring (bicyclic) bond motifs is 1. The van der Waals surface area contributed by atoms with Gasteiger partial charge in [-0.15, -0.1) is 0 Å². The highest BCUT2D eigenvalue weighted by atomic mass is 16.6. The molecule has 2 N–H and O–H groups in total. The summed E-state index contributed by atoms with van der Waals surface area (Å²) in [6.45, 7) is 0.592. The van der Waals surface area contributed by atoms with Crippen molar-refractivity contribution >= 4 is 17.5 Å². The van der Waals surface area contributed by atoms with E-state index in [9.17, 15) is 9.59 Å². The minimum atomic E-state index is -0.282. The van der Waals surface area contributed by atoms with Gasteiger partial charge in [0.25, 0.3) is 11.8 Å². The monoisotopic (exact) mass is 418 g/mol. The fourth-order valence-electron chi connectivity index (χ4n) is 3.04. The number of carbonyl (C=O) groups is 2. The highest BCUT2D eigenvalue weighted by molar-refractivity contribution is 5.96. The van der Waals surface area contributed by atoms with Crippen molar-refractivity contribution in [1.82, 2.24) is 5.32 Å². The molecule has 0 aromatic heterocycles. The van der Waals surface area contributed by atoms with E-state index in [-0.39, 0.29) is 24.5 Å². The standard InChI is InChI=1S/C24H22N2O5/c27-23(16-29-19-6-2-1-3-7-19)26-18-12-10-17(11-13-18)24(28)25-14-20-15-30-21-8-4-5-9-22(21)31-20/h1-13,20H,14-16H2,(H,25,28)(H,26,27)/t20-/m0/s1. The van der Waals surface area contributed by atoms with Crippen LogP contribution in [0.3, 0.4) is 0 Å². The summed E-state index contributed by atoms with van der Waals surface area (Å²) in [5.74, 6) is 1.49. The first kappa shape index (κ1) is 20.3. The molecular formula is C24H22N2O5. The molecule has 3 aromatic rings. The molecule has 2 amide bonds. The summed E-state index contributed by atoms with van der Waals surface area (Å²) in [4.78, 5) is 24.4. The van der Waals surface area contributed by atoms with E-state index in [4.69, 9.17) is 14.2 Å². The maximum absolute atomic E-state index is 12.4. The van der Waals surface area contributed by atoms with E-state index in [2.05, 4.69) is 10.6 Å². The molecule has 4 rings (SSSR count). The Labute approximate surface area is 179 Å². The number of hydrogen-bond acceptors (Lipinski definition) is 5. The average molecular weight is 418 g/mol. The van der Waals surface area contributed by atoms with Gasteiger partial charge in [0.1, 0.15) is 18.5 Å². The lowest BCUT2D eigenvalue weighted by molar-refractivity contribution is -0.118. The maximum atomic E-state index is 12.4. The van der Waals surface area contributed by atoms with Crippen LogP contribution in [0.25, 0.3) is 0 Å². The van der Waals surface area contributed by atoms with Gasteiger partial charge in [0.05, 0.1) is 6.54 Å². The molecule has 0 radical (unpaired) electrons. The Morgan fingerprint density at radius 1 is 0.903 bits per heavy atom. The van der Waals surface area contributed by atoms with E-state index in [0.717, 1.165) is 0 Å². The number of amides is 2. The molecule has 0 saturated carbocycles. The molecular weight excluding hydrogens is 396 g/mol. The van der Waals surface area contributed by atoms with Crippen molar-refractivity contribution < 1.29 is 23.8 Å². The molecule has 0 saturated heterocycles. The molecule has 0 bridgehead atoms. The zero-order chi connectivity index (χ0) is 21.5. The first-order chi connectivity index (χ1) is 15.2. The van der Waals surface area contributed by atoms with E-state index < -0.39 is 0 Å². The number of para-hydroxylation sites is 3. The quantitative estimate of drug-likeness (QED) is 0.615. The van der Waals surface area contributed by atoms with Crippen molar-refractivity contribution in [2.24, 2.45) is 0 Å². The third-order valence-corrected chi connectivity index (χ3v) is 4.60. The highest BCUT2D eigenvalue weighted by Gasteiger charge is 2.21. The normalized spacial score (nSPS) is 14.4. The summed E-state index contributed by atoms with van der Waals surface area (Å²) in [5.41, 5.74) is 1.06. The van der Waals surface area contributed by atoms with Gasteiger partial charge < -0.3 is 24.8 Å². The van der Waals surface area contributed by atoms with Crippen LogP contribution in [-0.2, 0) is 4.79 Å². The van der Waals surface area contributed by atoms with Gasteiger partial charge in [-0.2, -0.15) is 0 Å². The second-order valence-corrected chi connectivity index (χ2v) is 6.93. The number of ether oxygens (including phenoxy) is 3. The molecule has 1 atom stereocenters. The van der Waals surface area contributed by atoms with E-state index in [1.807, 2.05) is 42.5 Å². The molecule has 7 nitrogen and oxygen atoms in total. The van der Waals surface area contributed by atoms with E-state index in [1.165, 1.54) is 0 Å². The third kappa shape index (κ3) is 5.54. The fraction of sp³-hybridized carbons (Fsp3) is 0.167. The van der Waals surface area contributed by atoms with Crippen molar-refractivity contribution in [3.63, 3.8) is 0 Å². The molecule has 3 aromatic carbocycles. The van der Waals surface area contributed by atoms with Crippen molar-refractivity contribution in [3.05, 3.63) is 84.4 Å². The van der Waals surface area contributed by atoms with Gasteiger partial charge in [-0.3, -0.25) is 9.59 Å². The average Bonchev–Trinajstić information content (AvgIpc) is 2.82. The summed E-state index contributed by atoms with van der Waals surface area (Å²) in [5, 5.41) is 5.59. The van der Waals surface area contributed by atoms with Crippen molar-refractivity contribution in [1.29, 1.82) is 0 Å².